The van der Waals surface area contributed by atoms with Crippen molar-refractivity contribution in [3.63, 3.8) is 0 Å². The number of alkyl halides is 1. The Labute approximate surface area is 178 Å². The molecule has 6 heteroatoms. The van der Waals surface area contributed by atoms with Crippen LogP contribution in [0.4, 0.5) is 8.78 Å². The zero-order valence-electron chi connectivity index (χ0n) is 16.8. The fourth-order valence-electron chi connectivity index (χ4n) is 4.17. The van der Waals surface area contributed by atoms with E-state index >= 15 is 4.39 Å². The van der Waals surface area contributed by atoms with Gasteiger partial charge in [-0.05, 0) is 67.1 Å². The molecule has 1 aliphatic heterocycles. The van der Waals surface area contributed by atoms with Gasteiger partial charge >= 0.3 is 0 Å². The SMILES string of the molecule is N#Cc1ccc(-c2cc3c(ccn3CC3(F)CCNC3)nc2-c2ccc(F)cc2)cc1. The van der Waals surface area contributed by atoms with E-state index in [2.05, 4.69) is 11.4 Å². The van der Waals surface area contributed by atoms with Gasteiger partial charge in [-0.2, -0.15) is 5.26 Å². The number of hydrogen-bond acceptors (Lipinski definition) is 3. The highest BCUT2D eigenvalue weighted by Gasteiger charge is 2.34. The summed E-state index contributed by atoms with van der Waals surface area (Å²) in [7, 11) is 0. The van der Waals surface area contributed by atoms with Crippen LogP contribution in [-0.2, 0) is 6.54 Å². The lowest BCUT2D eigenvalue weighted by Crippen LogP contribution is -2.31. The first-order valence-electron chi connectivity index (χ1n) is 10.2. The van der Waals surface area contributed by atoms with Gasteiger partial charge in [-0.25, -0.2) is 13.8 Å². The number of fused-ring (bicyclic) bond motifs is 1. The molecule has 1 N–H and O–H groups in total. The topological polar surface area (TPSA) is 53.6 Å². The smallest absolute Gasteiger partial charge is 0.142 e. The molecule has 0 saturated carbocycles. The molecule has 0 aliphatic carbocycles. The molecule has 1 unspecified atom stereocenters. The molecular formula is C25H20F2N4. The van der Waals surface area contributed by atoms with E-state index in [9.17, 15) is 4.39 Å². The van der Waals surface area contributed by atoms with Gasteiger partial charge in [0.05, 0.1) is 34.9 Å². The van der Waals surface area contributed by atoms with E-state index in [1.165, 1.54) is 12.1 Å². The van der Waals surface area contributed by atoms with Gasteiger partial charge in [0.2, 0.25) is 0 Å². The van der Waals surface area contributed by atoms with Crippen molar-refractivity contribution in [2.75, 3.05) is 13.1 Å². The third-order valence-corrected chi connectivity index (χ3v) is 5.84. The Morgan fingerprint density at radius 3 is 2.48 bits per heavy atom. The molecule has 154 valence electrons. The van der Waals surface area contributed by atoms with Crippen molar-refractivity contribution in [1.82, 2.24) is 14.9 Å². The van der Waals surface area contributed by atoms with E-state index < -0.39 is 5.67 Å². The van der Waals surface area contributed by atoms with E-state index in [4.69, 9.17) is 10.2 Å². The van der Waals surface area contributed by atoms with Gasteiger partial charge in [0.25, 0.3) is 0 Å². The molecule has 0 spiro atoms. The molecule has 1 atom stereocenters. The summed E-state index contributed by atoms with van der Waals surface area (Å²) in [6.45, 7) is 1.28. The number of pyridine rings is 1. The van der Waals surface area contributed by atoms with E-state index in [1.807, 2.05) is 35.0 Å². The third kappa shape index (κ3) is 3.69. The van der Waals surface area contributed by atoms with Crippen LogP contribution >= 0.6 is 0 Å². The highest BCUT2D eigenvalue weighted by molar-refractivity contribution is 5.90. The summed E-state index contributed by atoms with van der Waals surface area (Å²) in [5.41, 5.74) is 4.12. The summed E-state index contributed by atoms with van der Waals surface area (Å²) in [5, 5.41) is 12.2. The summed E-state index contributed by atoms with van der Waals surface area (Å²) in [4.78, 5) is 4.87. The Bertz CT molecular complexity index is 1280. The zero-order valence-corrected chi connectivity index (χ0v) is 16.8. The summed E-state index contributed by atoms with van der Waals surface area (Å²) in [6, 6.07) is 19.5. The van der Waals surface area contributed by atoms with Crippen LogP contribution in [0.25, 0.3) is 33.4 Å². The van der Waals surface area contributed by atoms with Gasteiger partial charge in [0, 0.05) is 23.9 Å². The number of nitrogens with one attached hydrogen (secondary N) is 1. The molecule has 3 heterocycles. The molecular weight excluding hydrogens is 394 g/mol. The Morgan fingerprint density at radius 1 is 1.06 bits per heavy atom. The second-order valence-electron chi connectivity index (χ2n) is 8.01. The number of hydrogen-bond donors (Lipinski definition) is 1. The summed E-state index contributed by atoms with van der Waals surface area (Å²) < 4.78 is 30.5. The summed E-state index contributed by atoms with van der Waals surface area (Å²) in [5.74, 6) is -0.311. The summed E-state index contributed by atoms with van der Waals surface area (Å²) in [6.07, 6.45) is 2.35. The van der Waals surface area contributed by atoms with Crippen LogP contribution in [0.5, 0.6) is 0 Å². The van der Waals surface area contributed by atoms with Crippen LogP contribution in [0.2, 0.25) is 0 Å². The molecule has 1 saturated heterocycles. The number of aromatic nitrogens is 2. The van der Waals surface area contributed by atoms with E-state index in [1.54, 1.807) is 24.3 Å². The molecule has 0 radical (unpaired) electrons. The second-order valence-corrected chi connectivity index (χ2v) is 8.01. The molecule has 4 aromatic rings. The molecule has 2 aromatic carbocycles. The largest absolute Gasteiger partial charge is 0.343 e. The maximum absolute atomic E-state index is 15.1. The monoisotopic (exact) mass is 414 g/mol. The lowest BCUT2D eigenvalue weighted by Gasteiger charge is -2.20. The standard InChI is InChI=1S/C25H20F2N4/c26-20-7-5-19(6-8-20)24-21(18-3-1-17(14-28)2-4-18)13-23-22(30-24)9-12-31(23)16-25(27)10-11-29-15-25/h1-9,12-13,29H,10-11,15-16H2. The quantitative estimate of drug-likeness (QED) is 0.507. The average molecular weight is 414 g/mol. The summed E-state index contributed by atoms with van der Waals surface area (Å²) >= 11 is 0. The maximum atomic E-state index is 15.1. The number of nitrogens with zero attached hydrogens (tertiary/aromatic N) is 3. The van der Waals surface area contributed by atoms with Crippen molar-refractivity contribution in [3.8, 4) is 28.5 Å². The van der Waals surface area contributed by atoms with Crippen LogP contribution in [0.15, 0.2) is 66.9 Å². The van der Waals surface area contributed by atoms with Gasteiger partial charge < -0.3 is 9.88 Å². The third-order valence-electron chi connectivity index (χ3n) is 5.84. The minimum Gasteiger partial charge on any atom is -0.343 e. The average Bonchev–Trinajstić information content (AvgIpc) is 3.39. The first-order valence-corrected chi connectivity index (χ1v) is 10.2. The van der Waals surface area contributed by atoms with E-state index in [0.29, 0.717) is 30.8 Å². The number of rotatable bonds is 4. The van der Waals surface area contributed by atoms with E-state index in [-0.39, 0.29) is 12.4 Å². The van der Waals surface area contributed by atoms with Gasteiger partial charge in [0.15, 0.2) is 0 Å². The van der Waals surface area contributed by atoms with Gasteiger partial charge in [0.1, 0.15) is 11.5 Å². The number of nitriles is 1. The molecule has 31 heavy (non-hydrogen) atoms. The molecule has 1 fully saturated rings. The van der Waals surface area contributed by atoms with Crippen molar-refractivity contribution >= 4 is 11.0 Å². The van der Waals surface area contributed by atoms with Crippen molar-refractivity contribution in [1.29, 1.82) is 5.26 Å². The Hall–Kier alpha value is -3.56. The lowest BCUT2D eigenvalue weighted by molar-refractivity contribution is 0.164. The van der Waals surface area contributed by atoms with Crippen LogP contribution in [0.3, 0.4) is 0 Å². The Kier molecular flexibility index (Phi) is 4.76. The van der Waals surface area contributed by atoms with E-state index in [0.717, 1.165) is 27.7 Å². The first-order chi connectivity index (χ1) is 15.0. The highest BCUT2D eigenvalue weighted by atomic mass is 19.1. The molecule has 0 bridgehead atoms. The number of benzene rings is 2. The van der Waals surface area contributed by atoms with Crippen molar-refractivity contribution < 1.29 is 8.78 Å². The highest BCUT2D eigenvalue weighted by Crippen LogP contribution is 2.35. The van der Waals surface area contributed by atoms with Crippen LogP contribution < -0.4 is 5.32 Å². The Morgan fingerprint density at radius 2 is 1.81 bits per heavy atom. The maximum Gasteiger partial charge on any atom is 0.142 e. The molecule has 4 nitrogen and oxygen atoms in total. The first kappa shape index (κ1) is 19.4. The minimum absolute atomic E-state index is 0.258. The van der Waals surface area contributed by atoms with Crippen LogP contribution in [0.1, 0.15) is 12.0 Å². The predicted octanol–water partition coefficient (Wildman–Crippen LogP) is 5.08. The molecule has 5 rings (SSSR count). The van der Waals surface area contributed by atoms with Crippen molar-refractivity contribution in [3.05, 3.63) is 78.2 Å². The zero-order chi connectivity index (χ0) is 21.4. The van der Waals surface area contributed by atoms with Crippen LogP contribution in [0, 0.1) is 17.1 Å². The lowest BCUT2D eigenvalue weighted by atomic mass is 9.98. The molecule has 1 aliphatic rings. The normalized spacial score (nSPS) is 18.4. The minimum atomic E-state index is -1.28. The second kappa shape index (κ2) is 7.60. The predicted molar refractivity (Wildman–Crippen MR) is 117 cm³/mol. The van der Waals surface area contributed by atoms with Gasteiger partial charge in [-0.15, -0.1) is 0 Å². The van der Waals surface area contributed by atoms with Gasteiger partial charge in [-0.3, -0.25) is 0 Å². The van der Waals surface area contributed by atoms with Crippen LogP contribution in [-0.4, -0.2) is 28.3 Å². The van der Waals surface area contributed by atoms with Crippen molar-refractivity contribution in [2.45, 2.75) is 18.6 Å². The molecule has 0 amide bonds. The Balaban J connectivity index is 1.67. The fourth-order valence-corrected chi connectivity index (χ4v) is 4.17. The number of halogens is 2. The molecule has 2 aromatic heterocycles. The van der Waals surface area contributed by atoms with Gasteiger partial charge in [-0.1, -0.05) is 12.1 Å². The fraction of sp³-hybridized carbons (Fsp3) is 0.200. The van der Waals surface area contributed by atoms with Crippen molar-refractivity contribution in [2.24, 2.45) is 0 Å².